The number of anilines is 1. The van der Waals surface area contributed by atoms with E-state index in [-0.39, 0.29) is 16.8 Å². The van der Waals surface area contributed by atoms with E-state index in [1.165, 1.54) is 4.31 Å². The maximum absolute atomic E-state index is 12.8. The Labute approximate surface area is 154 Å². The number of fused-ring (bicyclic) bond motifs is 3. The topological polar surface area (TPSA) is 66.5 Å². The van der Waals surface area contributed by atoms with Gasteiger partial charge in [0.25, 0.3) is 15.9 Å². The van der Waals surface area contributed by atoms with E-state index in [1.54, 1.807) is 31.3 Å². The maximum Gasteiger partial charge on any atom is 0.264 e. The Morgan fingerprint density at radius 2 is 1.81 bits per heavy atom. The number of hydrogen-bond acceptors (Lipinski definition) is 3. The van der Waals surface area contributed by atoms with Gasteiger partial charge in [-0.05, 0) is 43.5 Å². The molecule has 1 heterocycles. The Morgan fingerprint density at radius 3 is 2.54 bits per heavy atom. The SMILES string of the molecule is Cc1cc(C(=O)NC2CCCC2)cc2c1N(C)S(=O)(=O)c1ccccc1-2. The Bertz CT molecular complexity index is 992. The molecule has 1 aliphatic carbocycles. The number of aryl methyl sites for hydroxylation is 1. The first-order valence-electron chi connectivity index (χ1n) is 8.93. The van der Waals surface area contributed by atoms with Crippen molar-refractivity contribution < 1.29 is 13.2 Å². The zero-order valence-electron chi connectivity index (χ0n) is 15.0. The van der Waals surface area contributed by atoms with Crippen LogP contribution in [0, 0.1) is 6.92 Å². The Kier molecular flexibility index (Phi) is 4.03. The summed E-state index contributed by atoms with van der Waals surface area (Å²) in [5.74, 6) is -0.0867. The smallest absolute Gasteiger partial charge is 0.264 e. The fourth-order valence-electron chi connectivity index (χ4n) is 4.05. The average Bonchev–Trinajstić information content (AvgIpc) is 3.12. The highest BCUT2D eigenvalue weighted by Crippen LogP contribution is 2.44. The third kappa shape index (κ3) is 2.60. The van der Waals surface area contributed by atoms with E-state index in [0.29, 0.717) is 16.8 Å². The summed E-state index contributed by atoms with van der Waals surface area (Å²) in [6.07, 6.45) is 4.37. The molecule has 0 spiro atoms. The minimum Gasteiger partial charge on any atom is -0.349 e. The molecule has 4 rings (SSSR count). The van der Waals surface area contributed by atoms with Gasteiger partial charge in [-0.2, -0.15) is 0 Å². The maximum atomic E-state index is 12.8. The molecule has 1 fully saturated rings. The minimum absolute atomic E-state index is 0.0867. The van der Waals surface area contributed by atoms with Gasteiger partial charge in [0.05, 0.1) is 10.6 Å². The van der Waals surface area contributed by atoms with Gasteiger partial charge in [-0.3, -0.25) is 9.10 Å². The first-order chi connectivity index (χ1) is 12.4. The van der Waals surface area contributed by atoms with Crippen LogP contribution in [-0.4, -0.2) is 27.4 Å². The summed E-state index contributed by atoms with van der Waals surface area (Å²) >= 11 is 0. The van der Waals surface area contributed by atoms with Gasteiger partial charge in [0.2, 0.25) is 0 Å². The van der Waals surface area contributed by atoms with Crippen LogP contribution in [0.4, 0.5) is 5.69 Å². The van der Waals surface area contributed by atoms with E-state index < -0.39 is 10.0 Å². The molecule has 1 saturated carbocycles. The molecule has 26 heavy (non-hydrogen) atoms. The number of amides is 1. The van der Waals surface area contributed by atoms with Crippen molar-refractivity contribution in [1.29, 1.82) is 0 Å². The summed E-state index contributed by atoms with van der Waals surface area (Å²) in [7, 11) is -2.01. The van der Waals surface area contributed by atoms with Crippen LogP contribution < -0.4 is 9.62 Å². The van der Waals surface area contributed by atoms with Crippen molar-refractivity contribution in [3.63, 3.8) is 0 Å². The van der Waals surface area contributed by atoms with Crippen LogP contribution >= 0.6 is 0 Å². The molecule has 0 aromatic heterocycles. The summed E-state index contributed by atoms with van der Waals surface area (Å²) in [5, 5.41) is 3.11. The van der Waals surface area contributed by atoms with E-state index in [2.05, 4.69) is 5.32 Å². The van der Waals surface area contributed by atoms with Gasteiger partial charge in [-0.25, -0.2) is 8.42 Å². The van der Waals surface area contributed by atoms with E-state index >= 15 is 0 Å². The van der Waals surface area contributed by atoms with Crippen molar-refractivity contribution in [3.05, 3.63) is 47.5 Å². The number of benzene rings is 2. The van der Waals surface area contributed by atoms with Crippen LogP contribution in [0.15, 0.2) is 41.3 Å². The normalized spacial score (nSPS) is 18.3. The second-order valence-electron chi connectivity index (χ2n) is 7.11. The summed E-state index contributed by atoms with van der Waals surface area (Å²) < 4.78 is 26.9. The van der Waals surface area contributed by atoms with Crippen molar-refractivity contribution in [2.45, 2.75) is 43.5 Å². The average molecular weight is 370 g/mol. The van der Waals surface area contributed by atoms with Crippen LogP contribution in [0.3, 0.4) is 0 Å². The van der Waals surface area contributed by atoms with Gasteiger partial charge < -0.3 is 5.32 Å². The standard InChI is InChI=1S/C20H22N2O3S/c1-13-11-14(20(23)21-15-7-3-4-8-15)12-17-16-9-5-6-10-18(16)26(24,25)22(2)19(13)17/h5-6,9-12,15H,3-4,7-8H2,1-2H3,(H,21,23). The quantitative estimate of drug-likeness (QED) is 0.880. The largest absolute Gasteiger partial charge is 0.349 e. The highest BCUT2D eigenvalue weighted by molar-refractivity contribution is 7.93. The molecule has 2 aliphatic rings. The lowest BCUT2D eigenvalue weighted by atomic mass is 9.96. The lowest BCUT2D eigenvalue weighted by Gasteiger charge is -2.31. The molecule has 1 amide bonds. The Hall–Kier alpha value is -2.34. The second kappa shape index (κ2) is 6.13. The Morgan fingerprint density at radius 1 is 1.12 bits per heavy atom. The molecule has 0 atom stereocenters. The molecule has 0 unspecified atom stereocenters. The van der Waals surface area contributed by atoms with E-state index in [0.717, 1.165) is 36.8 Å². The first kappa shape index (κ1) is 17.1. The van der Waals surface area contributed by atoms with Crippen LogP contribution in [0.2, 0.25) is 0 Å². The van der Waals surface area contributed by atoms with Gasteiger partial charge in [0, 0.05) is 29.8 Å². The van der Waals surface area contributed by atoms with Crippen LogP contribution in [0.25, 0.3) is 11.1 Å². The number of carbonyl (C=O) groups is 1. The van der Waals surface area contributed by atoms with E-state index in [1.807, 2.05) is 19.1 Å². The number of hydrogen-bond donors (Lipinski definition) is 1. The van der Waals surface area contributed by atoms with Gasteiger partial charge >= 0.3 is 0 Å². The number of nitrogens with zero attached hydrogens (tertiary/aromatic N) is 1. The van der Waals surface area contributed by atoms with Crippen LogP contribution in [0.5, 0.6) is 0 Å². The first-order valence-corrected chi connectivity index (χ1v) is 10.4. The summed E-state index contributed by atoms with van der Waals surface area (Å²) in [4.78, 5) is 13.0. The second-order valence-corrected chi connectivity index (χ2v) is 9.05. The molecular weight excluding hydrogens is 348 g/mol. The lowest BCUT2D eigenvalue weighted by molar-refractivity contribution is 0.0938. The molecule has 2 aromatic carbocycles. The van der Waals surface area contributed by atoms with Crippen LogP contribution in [0.1, 0.15) is 41.6 Å². The highest BCUT2D eigenvalue weighted by Gasteiger charge is 2.34. The zero-order chi connectivity index (χ0) is 18.5. The molecule has 1 aliphatic heterocycles. The molecule has 0 saturated heterocycles. The van der Waals surface area contributed by atoms with Crippen molar-refractivity contribution in [2.24, 2.45) is 0 Å². The summed E-state index contributed by atoms with van der Waals surface area (Å²) in [6.45, 7) is 1.85. The number of sulfonamides is 1. The third-order valence-corrected chi connectivity index (χ3v) is 7.20. The third-order valence-electron chi connectivity index (χ3n) is 5.38. The molecule has 136 valence electrons. The number of nitrogens with one attached hydrogen (secondary N) is 1. The van der Waals surface area contributed by atoms with E-state index in [9.17, 15) is 13.2 Å². The molecule has 5 nitrogen and oxygen atoms in total. The van der Waals surface area contributed by atoms with Crippen molar-refractivity contribution in [3.8, 4) is 11.1 Å². The predicted octanol–water partition coefficient (Wildman–Crippen LogP) is 3.47. The van der Waals surface area contributed by atoms with Crippen molar-refractivity contribution in [1.82, 2.24) is 5.32 Å². The summed E-state index contributed by atoms with van der Waals surface area (Å²) in [6, 6.07) is 10.8. The fraction of sp³-hybridized carbons (Fsp3) is 0.350. The van der Waals surface area contributed by atoms with Crippen molar-refractivity contribution in [2.75, 3.05) is 11.4 Å². The fourth-order valence-corrected chi connectivity index (χ4v) is 5.54. The van der Waals surface area contributed by atoms with Gasteiger partial charge in [0.1, 0.15) is 0 Å². The number of carbonyl (C=O) groups excluding carboxylic acids is 1. The van der Waals surface area contributed by atoms with Crippen LogP contribution in [-0.2, 0) is 10.0 Å². The zero-order valence-corrected chi connectivity index (χ0v) is 15.8. The Balaban J connectivity index is 1.83. The monoisotopic (exact) mass is 370 g/mol. The predicted molar refractivity (Wildman–Crippen MR) is 102 cm³/mol. The molecule has 0 radical (unpaired) electrons. The lowest BCUT2D eigenvalue weighted by Crippen LogP contribution is -2.34. The molecule has 1 N–H and O–H groups in total. The summed E-state index contributed by atoms with van der Waals surface area (Å²) in [5.41, 5.74) is 3.44. The van der Waals surface area contributed by atoms with Gasteiger partial charge in [-0.15, -0.1) is 0 Å². The van der Waals surface area contributed by atoms with E-state index in [4.69, 9.17) is 0 Å². The number of rotatable bonds is 2. The van der Waals surface area contributed by atoms with Crippen molar-refractivity contribution >= 4 is 21.6 Å². The van der Waals surface area contributed by atoms with Gasteiger partial charge in [0.15, 0.2) is 0 Å². The molecule has 0 bridgehead atoms. The molecule has 6 heteroatoms. The highest BCUT2D eigenvalue weighted by atomic mass is 32.2. The minimum atomic E-state index is -3.58. The van der Waals surface area contributed by atoms with Gasteiger partial charge in [-0.1, -0.05) is 31.0 Å². The molecule has 2 aromatic rings. The molecular formula is C20H22N2O3S.